The molecule has 0 aliphatic heterocycles. The Kier molecular flexibility index (Phi) is 6.31. The molecule has 160 valence electrons. The van der Waals surface area contributed by atoms with Crippen molar-refractivity contribution < 1.29 is 19.4 Å². The molecule has 4 atom stereocenters. The Morgan fingerprint density at radius 3 is 2.57 bits per heavy atom. The van der Waals surface area contributed by atoms with E-state index in [1.165, 1.54) is 18.4 Å². The molecule has 0 bridgehead atoms. The normalized spacial score (nSPS) is 23.0. The maximum absolute atomic E-state index is 11.6. The number of carboxylic acid groups (broad SMARTS) is 1. The summed E-state index contributed by atoms with van der Waals surface area (Å²) in [5.41, 5.74) is 2.46. The molecular weight excluding hydrogens is 376 g/mol. The minimum atomic E-state index is -0.715. The van der Waals surface area contributed by atoms with Gasteiger partial charge in [0.1, 0.15) is 11.5 Å². The highest BCUT2D eigenvalue weighted by atomic mass is 16.5. The molecule has 4 heteroatoms. The molecule has 0 saturated heterocycles. The molecule has 0 amide bonds. The average Bonchev–Trinajstić information content (AvgIpc) is 3.48. The van der Waals surface area contributed by atoms with Crippen LogP contribution in [0.4, 0.5) is 0 Å². The summed E-state index contributed by atoms with van der Waals surface area (Å²) in [6, 6.07) is 16.5. The molecule has 4 nitrogen and oxygen atoms in total. The smallest absolute Gasteiger partial charge is 0.306 e. The van der Waals surface area contributed by atoms with Crippen molar-refractivity contribution in [2.24, 2.45) is 17.8 Å². The fourth-order valence-corrected chi connectivity index (χ4v) is 5.03. The summed E-state index contributed by atoms with van der Waals surface area (Å²) < 4.78 is 11.5. The molecule has 2 saturated carbocycles. The third-order valence-electron chi connectivity index (χ3n) is 6.89. The standard InChI is InChI=1S/C26H32O4/c1-17(26(27)28)25(19-11-12-19)22-6-4-8-24(15-22)30-16-18-9-10-21(13-18)20-5-3-7-23(14-20)29-2/h3-8,14-15,17-19,21,25H,9-13,16H2,1-2H3,(H,27,28)/t17?,18-,21+,25?/m1/s1. The first-order valence-electron chi connectivity index (χ1n) is 11.1. The molecule has 4 rings (SSSR count). The molecule has 2 unspecified atom stereocenters. The van der Waals surface area contributed by atoms with Crippen LogP contribution >= 0.6 is 0 Å². The predicted octanol–water partition coefficient (Wildman–Crippen LogP) is 5.87. The van der Waals surface area contributed by atoms with E-state index in [0.717, 1.165) is 36.3 Å². The lowest BCUT2D eigenvalue weighted by atomic mass is 9.83. The summed E-state index contributed by atoms with van der Waals surface area (Å²) in [4.78, 5) is 11.6. The number of hydrogen-bond donors (Lipinski definition) is 1. The van der Waals surface area contributed by atoms with Gasteiger partial charge in [0, 0.05) is 0 Å². The lowest BCUT2D eigenvalue weighted by molar-refractivity contribution is -0.142. The first-order valence-corrected chi connectivity index (χ1v) is 11.1. The highest BCUT2D eigenvalue weighted by Gasteiger charge is 2.38. The Bertz CT molecular complexity index is 873. The number of ether oxygens (including phenoxy) is 2. The number of carboxylic acids is 1. The van der Waals surface area contributed by atoms with E-state index in [4.69, 9.17) is 9.47 Å². The molecule has 2 fully saturated rings. The minimum Gasteiger partial charge on any atom is -0.497 e. The van der Waals surface area contributed by atoms with E-state index in [-0.39, 0.29) is 11.8 Å². The molecule has 0 heterocycles. The number of methoxy groups -OCH3 is 1. The van der Waals surface area contributed by atoms with E-state index >= 15 is 0 Å². The lowest BCUT2D eigenvalue weighted by Gasteiger charge is -2.22. The van der Waals surface area contributed by atoms with Gasteiger partial charge in [0.2, 0.25) is 0 Å². The maximum Gasteiger partial charge on any atom is 0.306 e. The Labute approximate surface area is 179 Å². The second kappa shape index (κ2) is 9.11. The minimum absolute atomic E-state index is 0.0787. The van der Waals surface area contributed by atoms with E-state index in [1.54, 1.807) is 7.11 Å². The van der Waals surface area contributed by atoms with Gasteiger partial charge in [-0.05, 0) is 91.2 Å². The number of hydrogen-bond acceptors (Lipinski definition) is 3. The maximum atomic E-state index is 11.6. The lowest BCUT2D eigenvalue weighted by Crippen LogP contribution is -2.20. The van der Waals surface area contributed by atoms with Gasteiger partial charge in [0.15, 0.2) is 0 Å². The summed E-state index contributed by atoms with van der Waals surface area (Å²) in [6.45, 7) is 2.54. The van der Waals surface area contributed by atoms with E-state index < -0.39 is 5.97 Å². The monoisotopic (exact) mass is 408 g/mol. The largest absolute Gasteiger partial charge is 0.497 e. The van der Waals surface area contributed by atoms with Crippen LogP contribution in [0.1, 0.15) is 62.0 Å². The SMILES string of the molecule is COc1cccc([C@H]2CC[C@@H](COc3cccc(C(C4CC4)C(C)C(=O)O)c3)C2)c1. The van der Waals surface area contributed by atoms with Crippen LogP contribution in [0.25, 0.3) is 0 Å². The molecule has 2 aliphatic rings. The third kappa shape index (κ3) is 4.80. The zero-order valence-corrected chi connectivity index (χ0v) is 17.9. The van der Waals surface area contributed by atoms with Gasteiger partial charge < -0.3 is 14.6 Å². The summed E-state index contributed by atoms with van der Waals surface area (Å²) >= 11 is 0. The number of rotatable bonds is 9. The van der Waals surface area contributed by atoms with Crippen molar-refractivity contribution >= 4 is 5.97 Å². The Balaban J connectivity index is 1.36. The molecule has 2 aromatic rings. The molecule has 0 aromatic heterocycles. The third-order valence-corrected chi connectivity index (χ3v) is 6.89. The average molecular weight is 409 g/mol. The van der Waals surface area contributed by atoms with Gasteiger partial charge >= 0.3 is 5.97 Å². The van der Waals surface area contributed by atoms with Gasteiger partial charge in [-0.3, -0.25) is 4.79 Å². The van der Waals surface area contributed by atoms with Crippen LogP contribution in [0, 0.1) is 17.8 Å². The van der Waals surface area contributed by atoms with Gasteiger partial charge in [-0.2, -0.15) is 0 Å². The van der Waals surface area contributed by atoms with E-state index in [9.17, 15) is 9.90 Å². The molecule has 30 heavy (non-hydrogen) atoms. The molecule has 2 aliphatic carbocycles. The molecular formula is C26H32O4. The zero-order valence-electron chi connectivity index (χ0n) is 17.9. The highest BCUT2D eigenvalue weighted by molar-refractivity contribution is 5.71. The van der Waals surface area contributed by atoms with Crippen LogP contribution in [0.3, 0.4) is 0 Å². The molecule has 0 radical (unpaired) electrons. The molecule has 0 spiro atoms. The fraction of sp³-hybridized carbons (Fsp3) is 0.500. The van der Waals surface area contributed by atoms with E-state index in [0.29, 0.717) is 24.4 Å². The highest BCUT2D eigenvalue weighted by Crippen LogP contribution is 2.47. The first-order chi connectivity index (χ1) is 14.5. The van der Waals surface area contributed by atoms with Crippen molar-refractivity contribution in [1.82, 2.24) is 0 Å². The van der Waals surface area contributed by atoms with Gasteiger partial charge in [0.25, 0.3) is 0 Å². The Morgan fingerprint density at radius 2 is 1.83 bits per heavy atom. The Morgan fingerprint density at radius 1 is 1.07 bits per heavy atom. The summed E-state index contributed by atoms with van der Waals surface area (Å²) in [7, 11) is 1.71. The van der Waals surface area contributed by atoms with Crippen LogP contribution in [-0.4, -0.2) is 24.8 Å². The quantitative estimate of drug-likeness (QED) is 0.563. The molecule has 1 N–H and O–H groups in total. The van der Waals surface area contributed by atoms with Crippen molar-refractivity contribution in [2.75, 3.05) is 13.7 Å². The molecule has 2 aromatic carbocycles. The summed E-state index contributed by atoms with van der Waals surface area (Å²) in [6.07, 6.45) is 5.74. The van der Waals surface area contributed by atoms with Crippen molar-refractivity contribution in [3.05, 3.63) is 59.7 Å². The van der Waals surface area contributed by atoms with Crippen molar-refractivity contribution in [1.29, 1.82) is 0 Å². The van der Waals surface area contributed by atoms with Crippen LogP contribution in [0.5, 0.6) is 11.5 Å². The van der Waals surface area contributed by atoms with Crippen molar-refractivity contribution in [3.8, 4) is 11.5 Å². The van der Waals surface area contributed by atoms with Gasteiger partial charge in [-0.25, -0.2) is 0 Å². The first kappa shape index (κ1) is 20.8. The van der Waals surface area contributed by atoms with Crippen LogP contribution in [0.15, 0.2) is 48.5 Å². The van der Waals surface area contributed by atoms with Crippen LogP contribution in [0.2, 0.25) is 0 Å². The van der Waals surface area contributed by atoms with Gasteiger partial charge in [0.05, 0.1) is 19.6 Å². The number of aliphatic carboxylic acids is 1. The van der Waals surface area contributed by atoms with E-state index in [1.807, 2.05) is 25.1 Å². The number of carbonyl (C=O) groups is 1. The second-order valence-corrected chi connectivity index (χ2v) is 9.03. The summed E-state index contributed by atoms with van der Waals surface area (Å²) in [5.74, 6) is 2.38. The topological polar surface area (TPSA) is 55.8 Å². The van der Waals surface area contributed by atoms with Crippen molar-refractivity contribution in [2.45, 2.75) is 50.9 Å². The van der Waals surface area contributed by atoms with Crippen LogP contribution in [-0.2, 0) is 4.79 Å². The summed E-state index contributed by atoms with van der Waals surface area (Å²) in [5, 5.41) is 9.52. The van der Waals surface area contributed by atoms with Crippen LogP contribution < -0.4 is 9.47 Å². The second-order valence-electron chi connectivity index (χ2n) is 9.03. The number of benzene rings is 2. The zero-order chi connectivity index (χ0) is 21.1. The van der Waals surface area contributed by atoms with Gasteiger partial charge in [-0.15, -0.1) is 0 Å². The van der Waals surface area contributed by atoms with Gasteiger partial charge in [-0.1, -0.05) is 31.2 Å². The predicted molar refractivity (Wildman–Crippen MR) is 117 cm³/mol. The fourth-order valence-electron chi connectivity index (χ4n) is 5.03. The Hall–Kier alpha value is -2.49. The van der Waals surface area contributed by atoms with Crippen molar-refractivity contribution in [3.63, 3.8) is 0 Å². The van der Waals surface area contributed by atoms with E-state index in [2.05, 4.69) is 30.3 Å².